The van der Waals surface area contributed by atoms with Crippen LogP contribution in [0.15, 0.2) is 0 Å². The van der Waals surface area contributed by atoms with Gasteiger partial charge in [-0.15, -0.1) is 0 Å². The van der Waals surface area contributed by atoms with Gasteiger partial charge in [0.15, 0.2) is 0 Å². The third-order valence-electron chi connectivity index (χ3n) is 1.57. The van der Waals surface area contributed by atoms with Crippen molar-refractivity contribution in [2.75, 3.05) is 20.8 Å². The highest BCUT2D eigenvalue weighted by atomic mass is 16.5. The van der Waals surface area contributed by atoms with E-state index in [1.807, 2.05) is 19.0 Å². The Morgan fingerprint density at radius 3 is 2.18 bits per heavy atom. The molecule has 0 aliphatic rings. The zero-order valence-electron chi connectivity index (χ0n) is 8.48. The van der Waals surface area contributed by atoms with Crippen LogP contribution in [-0.4, -0.2) is 31.3 Å². The smallest absolute Gasteiger partial charge is 0.0992 e. The van der Waals surface area contributed by atoms with Crippen molar-refractivity contribution < 1.29 is 4.74 Å². The van der Waals surface area contributed by atoms with E-state index in [-0.39, 0.29) is 5.60 Å². The minimum atomic E-state index is 0.0407. The van der Waals surface area contributed by atoms with E-state index < -0.39 is 0 Å². The van der Waals surface area contributed by atoms with Gasteiger partial charge in [0, 0.05) is 0 Å². The molecule has 0 unspecified atom stereocenters. The van der Waals surface area contributed by atoms with Crippen LogP contribution in [0.5, 0.6) is 0 Å². The Morgan fingerprint density at radius 1 is 1.27 bits per heavy atom. The molecule has 0 aromatic carbocycles. The molecule has 0 fully saturated rings. The maximum absolute atomic E-state index is 5.66. The van der Waals surface area contributed by atoms with Crippen molar-refractivity contribution in [2.24, 2.45) is 0 Å². The van der Waals surface area contributed by atoms with Gasteiger partial charge in [-0.1, -0.05) is 13.3 Å². The van der Waals surface area contributed by atoms with E-state index in [0.717, 1.165) is 6.42 Å². The van der Waals surface area contributed by atoms with Crippen LogP contribution >= 0.6 is 0 Å². The molecule has 2 heteroatoms. The molecule has 0 saturated heterocycles. The summed E-state index contributed by atoms with van der Waals surface area (Å²) in [5.41, 5.74) is 0.0407. The highest BCUT2D eigenvalue weighted by molar-refractivity contribution is 4.66. The fourth-order valence-corrected chi connectivity index (χ4v) is 0.978. The topological polar surface area (TPSA) is 12.5 Å². The van der Waals surface area contributed by atoms with Gasteiger partial charge in [0.1, 0.15) is 0 Å². The Balaban J connectivity index is 3.54. The Hall–Kier alpha value is -0.0800. The highest BCUT2D eigenvalue weighted by Crippen LogP contribution is 2.15. The Morgan fingerprint density at radius 2 is 1.82 bits per heavy atom. The van der Waals surface area contributed by atoms with Crippen LogP contribution in [0.1, 0.15) is 33.6 Å². The maximum Gasteiger partial charge on any atom is 0.0992 e. The summed E-state index contributed by atoms with van der Waals surface area (Å²) in [6, 6.07) is 0. The van der Waals surface area contributed by atoms with Crippen LogP contribution < -0.4 is 0 Å². The minimum absolute atomic E-state index is 0.0407. The molecular formula is C9H21NO. The lowest BCUT2D eigenvalue weighted by Gasteiger charge is -2.26. The summed E-state index contributed by atoms with van der Waals surface area (Å²) >= 11 is 0. The van der Waals surface area contributed by atoms with Gasteiger partial charge in [-0.05, 0) is 34.4 Å². The lowest BCUT2D eigenvalue weighted by molar-refractivity contribution is -0.0652. The quantitative estimate of drug-likeness (QED) is 0.570. The molecule has 11 heavy (non-hydrogen) atoms. The third-order valence-corrected chi connectivity index (χ3v) is 1.57. The van der Waals surface area contributed by atoms with Crippen molar-refractivity contribution in [2.45, 2.75) is 39.2 Å². The molecule has 0 bridgehead atoms. The molecule has 2 nitrogen and oxygen atoms in total. The van der Waals surface area contributed by atoms with Crippen molar-refractivity contribution in [3.8, 4) is 0 Å². The summed E-state index contributed by atoms with van der Waals surface area (Å²) in [5, 5.41) is 0. The van der Waals surface area contributed by atoms with Gasteiger partial charge in [-0.25, -0.2) is 0 Å². The molecule has 0 amide bonds. The van der Waals surface area contributed by atoms with E-state index in [2.05, 4.69) is 20.8 Å². The van der Waals surface area contributed by atoms with Crippen molar-refractivity contribution in [1.82, 2.24) is 4.90 Å². The predicted molar refractivity (Wildman–Crippen MR) is 48.6 cm³/mol. The molecule has 0 spiro atoms. The second-order valence-corrected chi connectivity index (χ2v) is 3.86. The minimum Gasteiger partial charge on any atom is -0.360 e. The average molecular weight is 159 g/mol. The van der Waals surface area contributed by atoms with Crippen LogP contribution in [0.25, 0.3) is 0 Å². The van der Waals surface area contributed by atoms with Crippen molar-refractivity contribution in [3.05, 3.63) is 0 Å². The number of ether oxygens (including phenoxy) is 1. The monoisotopic (exact) mass is 159 g/mol. The second-order valence-electron chi connectivity index (χ2n) is 3.86. The fourth-order valence-electron chi connectivity index (χ4n) is 0.978. The normalized spacial score (nSPS) is 12.5. The molecule has 0 aromatic rings. The first-order chi connectivity index (χ1) is 4.98. The van der Waals surface area contributed by atoms with Gasteiger partial charge in [0.2, 0.25) is 0 Å². The van der Waals surface area contributed by atoms with Crippen LogP contribution in [0.3, 0.4) is 0 Å². The van der Waals surface area contributed by atoms with Crippen molar-refractivity contribution >= 4 is 0 Å². The van der Waals surface area contributed by atoms with Gasteiger partial charge in [-0.3, -0.25) is 4.90 Å². The van der Waals surface area contributed by atoms with Crippen LogP contribution in [0.2, 0.25) is 0 Å². The van der Waals surface area contributed by atoms with E-state index in [4.69, 9.17) is 4.74 Å². The summed E-state index contributed by atoms with van der Waals surface area (Å²) in [4.78, 5) is 2.04. The second kappa shape index (κ2) is 4.73. The Kier molecular flexibility index (Phi) is 4.69. The van der Waals surface area contributed by atoms with Gasteiger partial charge >= 0.3 is 0 Å². The SMILES string of the molecule is CCCC(C)(C)OCN(C)C. The molecule has 0 saturated carbocycles. The molecule has 0 rings (SSSR count). The van der Waals surface area contributed by atoms with Crippen LogP contribution in [0.4, 0.5) is 0 Å². The van der Waals surface area contributed by atoms with Crippen LogP contribution in [-0.2, 0) is 4.74 Å². The number of hydrogen-bond donors (Lipinski definition) is 0. The molecular weight excluding hydrogens is 138 g/mol. The van der Waals surface area contributed by atoms with E-state index in [9.17, 15) is 0 Å². The molecule has 0 aliphatic carbocycles. The lowest BCUT2D eigenvalue weighted by Crippen LogP contribution is -2.29. The van der Waals surface area contributed by atoms with E-state index in [1.54, 1.807) is 0 Å². The number of rotatable bonds is 5. The first-order valence-electron chi connectivity index (χ1n) is 4.26. The number of nitrogens with zero attached hydrogens (tertiary/aromatic N) is 1. The predicted octanol–water partition coefficient (Wildman–Crippen LogP) is 2.10. The molecule has 0 N–H and O–H groups in total. The lowest BCUT2D eigenvalue weighted by atomic mass is 10.0. The summed E-state index contributed by atoms with van der Waals surface area (Å²) in [5.74, 6) is 0. The Labute approximate surface area is 70.5 Å². The first kappa shape index (κ1) is 10.9. The molecule has 0 atom stereocenters. The third kappa shape index (κ3) is 6.32. The zero-order valence-corrected chi connectivity index (χ0v) is 8.48. The average Bonchev–Trinajstić information content (AvgIpc) is 1.84. The summed E-state index contributed by atoms with van der Waals surface area (Å²) in [7, 11) is 4.03. The fraction of sp³-hybridized carbons (Fsp3) is 1.00. The molecule has 0 aromatic heterocycles. The maximum atomic E-state index is 5.66. The van der Waals surface area contributed by atoms with Gasteiger partial charge < -0.3 is 4.74 Å². The van der Waals surface area contributed by atoms with Gasteiger partial charge in [-0.2, -0.15) is 0 Å². The summed E-state index contributed by atoms with van der Waals surface area (Å²) in [6.07, 6.45) is 2.31. The summed E-state index contributed by atoms with van der Waals surface area (Å²) in [6.45, 7) is 7.17. The number of hydrogen-bond acceptors (Lipinski definition) is 2. The van der Waals surface area contributed by atoms with E-state index in [0.29, 0.717) is 6.73 Å². The molecule has 0 aliphatic heterocycles. The van der Waals surface area contributed by atoms with Crippen LogP contribution in [0, 0.1) is 0 Å². The van der Waals surface area contributed by atoms with Gasteiger partial charge in [0.25, 0.3) is 0 Å². The van der Waals surface area contributed by atoms with E-state index >= 15 is 0 Å². The molecule has 68 valence electrons. The Bertz CT molecular complexity index is 99.7. The zero-order chi connectivity index (χ0) is 8.91. The van der Waals surface area contributed by atoms with Gasteiger partial charge in [0.05, 0.1) is 12.3 Å². The summed E-state index contributed by atoms with van der Waals surface area (Å²) < 4.78 is 5.66. The highest BCUT2D eigenvalue weighted by Gasteiger charge is 2.16. The van der Waals surface area contributed by atoms with Crippen molar-refractivity contribution in [3.63, 3.8) is 0 Å². The van der Waals surface area contributed by atoms with Crippen molar-refractivity contribution in [1.29, 1.82) is 0 Å². The molecule has 0 heterocycles. The first-order valence-corrected chi connectivity index (χ1v) is 4.26. The largest absolute Gasteiger partial charge is 0.360 e. The standard InChI is InChI=1S/C9H21NO/c1-6-7-9(2,3)11-8-10(4)5/h6-8H2,1-5H3. The van der Waals surface area contributed by atoms with E-state index in [1.165, 1.54) is 6.42 Å². The molecule has 0 radical (unpaired) electrons.